The fraction of sp³-hybridized carbons (Fsp3) is 0.519. The molecule has 4 unspecified atom stereocenters. The largest absolute Gasteiger partial charge is 0.480 e. The molecule has 4 amide bonds. The van der Waals surface area contributed by atoms with Crippen molar-refractivity contribution in [3.8, 4) is 0 Å². The van der Waals surface area contributed by atoms with Crippen LogP contribution in [0.4, 0.5) is 0 Å². The van der Waals surface area contributed by atoms with E-state index in [1.54, 1.807) is 20.0 Å². The summed E-state index contributed by atoms with van der Waals surface area (Å²) >= 11 is 0. The van der Waals surface area contributed by atoms with Gasteiger partial charge in [-0.1, -0.05) is 32.0 Å². The van der Waals surface area contributed by atoms with Crippen LogP contribution in [-0.4, -0.2) is 70.4 Å². The van der Waals surface area contributed by atoms with Gasteiger partial charge in [0.1, 0.15) is 18.1 Å². The fourth-order valence-electron chi connectivity index (χ4n) is 4.24. The monoisotopic (exact) mass is 559 g/mol. The number of aromatic amines is 1. The molecule has 11 N–H and O–H groups in total. The number of carbonyl (C=O) groups is 5. The minimum absolute atomic E-state index is 0.00960. The molecule has 0 bridgehead atoms. The van der Waals surface area contributed by atoms with Gasteiger partial charge < -0.3 is 43.2 Å². The zero-order valence-corrected chi connectivity index (χ0v) is 22.9. The van der Waals surface area contributed by atoms with Crippen LogP contribution in [0.1, 0.15) is 51.5 Å². The molecule has 13 nitrogen and oxygen atoms in total. The number of H-pyrrole nitrogens is 1. The molecule has 0 saturated carbocycles. The molecule has 220 valence electrons. The average Bonchev–Trinajstić information content (AvgIpc) is 3.31. The Morgan fingerprint density at radius 3 is 2.20 bits per heavy atom. The van der Waals surface area contributed by atoms with Crippen molar-refractivity contribution in [2.24, 2.45) is 23.1 Å². The van der Waals surface area contributed by atoms with E-state index in [9.17, 15) is 29.1 Å². The van der Waals surface area contributed by atoms with Crippen LogP contribution in [0.15, 0.2) is 30.5 Å². The Hall–Kier alpha value is -3.97. The van der Waals surface area contributed by atoms with Crippen LogP contribution in [0.3, 0.4) is 0 Å². The second-order valence-corrected chi connectivity index (χ2v) is 10.2. The lowest BCUT2D eigenvalue weighted by Gasteiger charge is -2.26. The third kappa shape index (κ3) is 9.65. The van der Waals surface area contributed by atoms with Crippen LogP contribution >= 0.6 is 0 Å². The molecule has 0 saturated heterocycles. The zero-order chi connectivity index (χ0) is 29.8. The number of fused-ring (bicyclic) bond motifs is 1. The maximum atomic E-state index is 13.4. The number of para-hydroxylation sites is 1. The Balaban J connectivity index is 2.29. The van der Waals surface area contributed by atoms with Gasteiger partial charge in [0.25, 0.3) is 0 Å². The van der Waals surface area contributed by atoms with Gasteiger partial charge in [0.15, 0.2) is 0 Å². The van der Waals surface area contributed by atoms with E-state index in [4.69, 9.17) is 17.2 Å². The van der Waals surface area contributed by atoms with E-state index in [1.807, 2.05) is 24.3 Å². The van der Waals surface area contributed by atoms with Crippen molar-refractivity contribution in [1.82, 2.24) is 20.9 Å². The van der Waals surface area contributed by atoms with Crippen LogP contribution in [0, 0.1) is 5.92 Å². The van der Waals surface area contributed by atoms with Crippen molar-refractivity contribution in [2.45, 2.75) is 76.5 Å². The van der Waals surface area contributed by atoms with E-state index in [1.165, 1.54) is 0 Å². The third-order valence-corrected chi connectivity index (χ3v) is 6.58. The summed E-state index contributed by atoms with van der Waals surface area (Å²) in [7, 11) is 0. The number of carboxylic acids is 1. The number of primary amides is 1. The Kier molecular flexibility index (Phi) is 12.6. The van der Waals surface area contributed by atoms with Crippen molar-refractivity contribution in [3.05, 3.63) is 36.0 Å². The summed E-state index contributed by atoms with van der Waals surface area (Å²) in [6, 6.07) is 3.02. The number of nitrogens with one attached hydrogen (secondary N) is 4. The zero-order valence-electron chi connectivity index (χ0n) is 22.9. The maximum absolute atomic E-state index is 13.4. The molecule has 0 aliphatic carbocycles. The minimum Gasteiger partial charge on any atom is -0.480 e. The number of rotatable bonds is 17. The molecule has 13 heteroatoms. The molecule has 0 radical (unpaired) electrons. The number of hydrogen-bond donors (Lipinski definition) is 8. The van der Waals surface area contributed by atoms with E-state index < -0.39 is 59.7 Å². The number of nitrogens with two attached hydrogens (primary N) is 3. The first-order valence-electron chi connectivity index (χ1n) is 13.4. The molecular weight excluding hydrogens is 518 g/mol. The molecule has 0 spiro atoms. The van der Waals surface area contributed by atoms with Crippen molar-refractivity contribution >= 4 is 40.5 Å². The number of unbranched alkanes of at least 4 members (excludes halogenated alkanes) is 1. The average molecular weight is 560 g/mol. The second-order valence-electron chi connectivity index (χ2n) is 10.2. The molecule has 0 fully saturated rings. The number of aliphatic carboxylic acids is 1. The lowest BCUT2D eigenvalue weighted by molar-refractivity contribution is -0.143. The highest BCUT2D eigenvalue weighted by atomic mass is 16.4. The molecule has 2 rings (SSSR count). The summed E-state index contributed by atoms with van der Waals surface area (Å²) in [5.41, 5.74) is 18.2. The number of aromatic nitrogens is 1. The van der Waals surface area contributed by atoms with Crippen molar-refractivity contribution in [1.29, 1.82) is 0 Å². The Labute approximate surface area is 233 Å². The van der Waals surface area contributed by atoms with Gasteiger partial charge in [0.2, 0.25) is 23.6 Å². The van der Waals surface area contributed by atoms with Gasteiger partial charge in [-0.25, -0.2) is 4.79 Å². The number of hydrogen-bond acceptors (Lipinski definition) is 7. The van der Waals surface area contributed by atoms with Gasteiger partial charge in [-0.3, -0.25) is 19.2 Å². The Morgan fingerprint density at radius 2 is 1.57 bits per heavy atom. The van der Waals surface area contributed by atoms with Gasteiger partial charge >= 0.3 is 5.97 Å². The van der Waals surface area contributed by atoms with Crippen LogP contribution in [0.5, 0.6) is 0 Å². The lowest BCUT2D eigenvalue weighted by atomic mass is 10.0. The summed E-state index contributed by atoms with van der Waals surface area (Å²) < 4.78 is 0. The molecule has 0 aliphatic heterocycles. The smallest absolute Gasteiger partial charge is 0.326 e. The van der Waals surface area contributed by atoms with E-state index in [0.717, 1.165) is 16.5 Å². The summed E-state index contributed by atoms with van der Waals surface area (Å²) in [4.78, 5) is 65.4. The van der Waals surface area contributed by atoms with E-state index in [-0.39, 0.29) is 25.7 Å². The normalized spacial score (nSPS) is 14.2. The first kappa shape index (κ1) is 32.2. The molecule has 0 aliphatic rings. The van der Waals surface area contributed by atoms with Gasteiger partial charge in [0.05, 0.1) is 6.04 Å². The predicted molar refractivity (Wildman–Crippen MR) is 150 cm³/mol. The highest BCUT2D eigenvalue weighted by Crippen LogP contribution is 2.19. The molecule has 40 heavy (non-hydrogen) atoms. The highest BCUT2D eigenvalue weighted by molar-refractivity contribution is 5.95. The second kappa shape index (κ2) is 15.6. The summed E-state index contributed by atoms with van der Waals surface area (Å²) in [6.07, 6.45) is 3.05. The molecule has 1 heterocycles. The number of benzene rings is 1. The number of carbonyl (C=O) groups excluding carboxylic acids is 4. The van der Waals surface area contributed by atoms with Gasteiger partial charge in [-0.05, 0) is 49.8 Å². The Morgan fingerprint density at radius 1 is 0.925 bits per heavy atom. The van der Waals surface area contributed by atoms with Crippen LogP contribution in [0.2, 0.25) is 0 Å². The van der Waals surface area contributed by atoms with Crippen molar-refractivity contribution < 1.29 is 29.1 Å². The van der Waals surface area contributed by atoms with Crippen molar-refractivity contribution in [3.63, 3.8) is 0 Å². The minimum atomic E-state index is -1.20. The molecule has 4 atom stereocenters. The Bertz CT molecular complexity index is 1180. The van der Waals surface area contributed by atoms with Crippen molar-refractivity contribution in [2.75, 3.05) is 6.54 Å². The van der Waals surface area contributed by atoms with Crippen LogP contribution < -0.4 is 33.2 Å². The van der Waals surface area contributed by atoms with E-state index in [2.05, 4.69) is 20.9 Å². The van der Waals surface area contributed by atoms with E-state index >= 15 is 0 Å². The topological polar surface area (TPSA) is 236 Å². The molecule has 2 aromatic rings. The number of amides is 4. The molecule has 1 aromatic carbocycles. The first-order chi connectivity index (χ1) is 18.9. The summed E-state index contributed by atoms with van der Waals surface area (Å²) in [5.74, 6) is -4.16. The SMILES string of the molecule is CC(C)C(NC(=O)C(Cc1c[nH]c2ccccc12)NC(=O)C(CCCCN)NC(=O)C(N)CCC(N)=O)C(=O)O. The fourth-order valence-corrected chi connectivity index (χ4v) is 4.24. The first-order valence-corrected chi connectivity index (χ1v) is 13.4. The highest BCUT2D eigenvalue weighted by Gasteiger charge is 2.32. The third-order valence-electron chi connectivity index (χ3n) is 6.58. The maximum Gasteiger partial charge on any atom is 0.326 e. The lowest BCUT2D eigenvalue weighted by Crippen LogP contribution is -2.58. The standard InChI is InChI=1S/C27H41N7O6/c1-15(2)23(27(39)40)34-26(38)21(13-16-14-31-19-8-4-3-7-17(16)19)33-25(37)20(9-5-6-12-28)32-24(36)18(29)10-11-22(30)35/h3-4,7-8,14-15,18,20-21,23,31H,5-6,9-13,28-29H2,1-2H3,(H2,30,35)(H,32,36)(H,33,37)(H,34,38)(H,39,40). The van der Waals surface area contributed by atoms with Gasteiger partial charge in [0, 0.05) is 29.9 Å². The van der Waals surface area contributed by atoms with E-state index in [0.29, 0.717) is 19.4 Å². The quantitative estimate of drug-likeness (QED) is 0.119. The predicted octanol–water partition coefficient (Wildman–Crippen LogP) is -0.373. The molecular formula is C27H41N7O6. The van der Waals surface area contributed by atoms with Crippen LogP contribution in [0.25, 0.3) is 10.9 Å². The van der Waals surface area contributed by atoms with Gasteiger partial charge in [-0.15, -0.1) is 0 Å². The van der Waals surface area contributed by atoms with Gasteiger partial charge in [-0.2, -0.15) is 0 Å². The molecule has 1 aromatic heterocycles. The summed E-state index contributed by atoms with van der Waals surface area (Å²) in [6.45, 7) is 3.71. The van der Waals surface area contributed by atoms with Crippen LogP contribution in [-0.2, 0) is 30.4 Å². The summed E-state index contributed by atoms with van der Waals surface area (Å²) in [5, 5.41) is 18.3. The number of carboxylic acid groups (broad SMARTS) is 1.